The van der Waals surface area contributed by atoms with Crippen molar-refractivity contribution < 1.29 is 9.53 Å². The van der Waals surface area contributed by atoms with E-state index in [1.165, 1.54) is 7.11 Å². The van der Waals surface area contributed by atoms with E-state index < -0.39 is 5.54 Å². The van der Waals surface area contributed by atoms with Gasteiger partial charge in [-0.15, -0.1) is 0 Å². The van der Waals surface area contributed by atoms with Crippen molar-refractivity contribution in [1.82, 2.24) is 0 Å². The second-order valence-electron chi connectivity index (χ2n) is 3.84. The van der Waals surface area contributed by atoms with Crippen LogP contribution in [0.4, 0.5) is 0 Å². The lowest BCUT2D eigenvalue weighted by Gasteiger charge is -2.21. The summed E-state index contributed by atoms with van der Waals surface area (Å²) in [5.74, 6) is 0.237. The lowest BCUT2D eigenvalue weighted by atomic mass is 9.93. The van der Waals surface area contributed by atoms with Crippen LogP contribution in [0.2, 0.25) is 0 Å². The molecule has 0 aromatic rings. The van der Waals surface area contributed by atoms with Gasteiger partial charge in [0.05, 0.1) is 7.11 Å². The Bertz CT molecular complexity index is 153. The number of hydrogen-bond acceptors (Lipinski definition) is 3. The van der Waals surface area contributed by atoms with Gasteiger partial charge in [0.25, 0.3) is 0 Å². The molecule has 0 aliphatic heterocycles. The van der Waals surface area contributed by atoms with E-state index >= 15 is 0 Å². The molecule has 0 amide bonds. The smallest absolute Gasteiger partial charge is 0.325 e. The number of carbonyl (C=O) groups is 1. The first-order valence-electron chi connectivity index (χ1n) is 4.27. The van der Waals surface area contributed by atoms with E-state index in [9.17, 15) is 4.79 Å². The third-order valence-corrected chi connectivity index (χ3v) is 1.89. The zero-order valence-electron chi connectivity index (χ0n) is 8.39. The molecule has 72 valence electrons. The molecule has 0 bridgehead atoms. The molecule has 0 aromatic heterocycles. The van der Waals surface area contributed by atoms with Crippen LogP contribution in [0.1, 0.15) is 33.6 Å². The van der Waals surface area contributed by atoms with Crippen LogP contribution in [-0.4, -0.2) is 18.6 Å². The second kappa shape index (κ2) is 4.45. The summed E-state index contributed by atoms with van der Waals surface area (Å²) in [6, 6.07) is 0. The van der Waals surface area contributed by atoms with E-state index in [2.05, 4.69) is 18.6 Å². The molecule has 0 saturated heterocycles. The van der Waals surface area contributed by atoms with Gasteiger partial charge in [-0.05, 0) is 25.7 Å². The maximum absolute atomic E-state index is 11.1. The first-order valence-corrected chi connectivity index (χ1v) is 4.27. The van der Waals surface area contributed by atoms with Gasteiger partial charge in [-0.2, -0.15) is 0 Å². The molecule has 3 heteroatoms. The average molecular weight is 173 g/mol. The van der Waals surface area contributed by atoms with Crippen LogP contribution in [0, 0.1) is 5.92 Å². The molecule has 0 rings (SSSR count). The second-order valence-corrected chi connectivity index (χ2v) is 3.84. The summed E-state index contributed by atoms with van der Waals surface area (Å²) in [5.41, 5.74) is 4.92. The number of carbonyl (C=O) groups excluding carboxylic acids is 1. The molecular formula is C9H19NO2. The van der Waals surface area contributed by atoms with Gasteiger partial charge in [0.2, 0.25) is 0 Å². The monoisotopic (exact) mass is 173 g/mol. The summed E-state index contributed by atoms with van der Waals surface area (Å²) in [5, 5.41) is 0. The lowest BCUT2D eigenvalue weighted by molar-refractivity contribution is -0.146. The number of rotatable bonds is 4. The fourth-order valence-electron chi connectivity index (χ4n) is 0.924. The summed E-state index contributed by atoms with van der Waals surface area (Å²) < 4.78 is 4.58. The summed E-state index contributed by atoms with van der Waals surface area (Å²) in [6.07, 6.45) is 1.62. The summed E-state index contributed by atoms with van der Waals surface area (Å²) in [6.45, 7) is 5.92. The predicted molar refractivity (Wildman–Crippen MR) is 48.7 cm³/mol. The van der Waals surface area contributed by atoms with Crippen molar-refractivity contribution in [2.45, 2.75) is 39.2 Å². The molecule has 1 atom stereocenters. The molecule has 0 saturated carbocycles. The SMILES string of the molecule is COC(=O)C(C)(N)CCC(C)C. The number of esters is 1. The molecule has 0 fully saturated rings. The van der Waals surface area contributed by atoms with Gasteiger partial charge in [-0.25, -0.2) is 0 Å². The lowest BCUT2D eigenvalue weighted by Crippen LogP contribution is -2.45. The average Bonchev–Trinajstić information content (AvgIpc) is 1.99. The van der Waals surface area contributed by atoms with Gasteiger partial charge in [-0.1, -0.05) is 13.8 Å². The van der Waals surface area contributed by atoms with Gasteiger partial charge >= 0.3 is 5.97 Å². The van der Waals surface area contributed by atoms with Gasteiger partial charge in [0.15, 0.2) is 0 Å². The predicted octanol–water partition coefficient (Wildman–Crippen LogP) is 1.31. The first kappa shape index (κ1) is 11.4. The Hall–Kier alpha value is -0.570. The number of ether oxygens (including phenoxy) is 1. The third-order valence-electron chi connectivity index (χ3n) is 1.89. The maximum Gasteiger partial charge on any atom is 0.325 e. The molecule has 0 spiro atoms. The van der Waals surface area contributed by atoms with Crippen LogP contribution in [0.5, 0.6) is 0 Å². The fourth-order valence-corrected chi connectivity index (χ4v) is 0.924. The minimum Gasteiger partial charge on any atom is -0.468 e. The van der Waals surface area contributed by atoms with E-state index in [0.717, 1.165) is 6.42 Å². The van der Waals surface area contributed by atoms with Crippen molar-refractivity contribution >= 4 is 5.97 Å². The Morgan fingerprint density at radius 1 is 1.58 bits per heavy atom. The maximum atomic E-state index is 11.1. The third kappa shape index (κ3) is 3.72. The largest absolute Gasteiger partial charge is 0.468 e. The molecule has 12 heavy (non-hydrogen) atoms. The van der Waals surface area contributed by atoms with Gasteiger partial charge < -0.3 is 10.5 Å². The van der Waals surface area contributed by atoms with E-state index in [4.69, 9.17) is 5.73 Å². The minimum absolute atomic E-state index is 0.330. The van der Waals surface area contributed by atoms with Gasteiger partial charge in [0, 0.05) is 0 Å². The normalized spacial score (nSPS) is 15.8. The minimum atomic E-state index is -0.820. The molecular weight excluding hydrogens is 154 g/mol. The van der Waals surface area contributed by atoms with Crippen molar-refractivity contribution in [3.63, 3.8) is 0 Å². The highest BCUT2D eigenvalue weighted by Crippen LogP contribution is 2.14. The van der Waals surface area contributed by atoms with Gasteiger partial charge in [-0.3, -0.25) is 4.79 Å². The summed E-state index contributed by atoms with van der Waals surface area (Å²) in [7, 11) is 1.36. The van der Waals surface area contributed by atoms with Crippen LogP contribution in [-0.2, 0) is 9.53 Å². The van der Waals surface area contributed by atoms with E-state index in [-0.39, 0.29) is 5.97 Å². The molecule has 2 N–H and O–H groups in total. The molecule has 0 aromatic carbocycles. The molecule has 1 unspecified atom stereocenters. The van der Waals surface area contributed by atoms with Crippen LogP contribution in [0.3, 0.4) is 0 Å². The van der Waals surface area contributed by atoms with E-state index in [1.54, 1.807) is 6.92 Å². The topological polar surface area (TPSA) is 52.3 Å². The number of nitrogens with two attached hydrogens (primary N) is 1. The Morgan fingerprint density at radius 2 is 2.08 bits per heavy atom. The highest BCUT2D eigenvalue weighted by Gasteiger charge is 2.28. The molecule has 0 aliphatic carbocycles. The van der Waals surface area contributed by atoms with Crippen LogP contribution in [0.15, 0.2) is 0 Å². The Kier molecular flexibility index (Phi) is 4.24. The van der Waals surface area contributed by atoms with Crippen molar-refractivity contribution in [2.24, 2.45) is 11.7 Å². The van der Waals surface area contributed by atoms with Crippen molar-refractivity contribution in [2.75, 3.05) is 7.11 Å². The van der Waals surface area contributed by atoms with Crippen molar-refractivity contribution in [3.8, 4) is 0 Å². The standard InChI is InChI=1S/C9H19NO2/c1-7(2)5-6-9(3,10)8(11)12-4/h7H,5-6,10H2,1-4H3. The Morgan fingerprint density at radius 3 is 2.42 bits per heavy atom. The number of methoxy groups -OCH3 is 1. The van der Waals surface area contributed by atoms with Crippen molar-refractivity contribution in [3.05, 3.63) is 0 Å². The van der Waals surface area contributed by atoms with Crippen LogP contribution < -0.4 is 5.73 Å². The molecule has 0 heterocycles. The van der Waals surface area contributed by atoms with Crippen LogP contribution >= 0.6 is 0 Å². The van der Waals surface area contributed by atoms with Gasteiger partial charge in [0.1, 0.15) is 5.54 Å². The Labute approximate surface area is 74.3 Å². The highest BCUT2D eigenvalue weighted by atomic mass is 16.5. The zero-order valence-corrected chi connectivity index (χ0v) is 8.39. The molecule has 0 radical (unpaired) electrons. The molecule has 3 nitrogen and oxygen atoms in total. The number of hydrogen-bond donors (Lipinski definition) is 1. The van der Waals surface area contributed by atoms with E-state index in [0.29, 0.717) is 12.3 Å². The Balaban J connectivity index is 3.95. The zero-order chi connectivity index (χ0) is 9.78. The highest BCUT2D eigenvalue weighted by molar-refractivity contribution is 5.79. The summed E-state index contributed by atoms with van der Waals surface area (Å²) in [4.78, 5) is 11.1. The van der Waals surface area contributed by atoms with Crippen LogP contribution in [0.25, 0.3) is 0 Å². The quantitative estimate of drug-likeness (QED) is 0.652. The molecule has 0 aliphatic rings. The first-order chi connectivity index (χ1) is 5.40. The summed E-state index contributed by atoms with van der Waals surface area (Å²) >= 11 is 0. The van der Waals surface area contributed by atoms with E-state index in [1.807, 2.05) is 0 Å². The fraction of sp³-hybridized carbons (Fsp3) is 0.889. The van der Waals surface area contributed by atoms with Crippen molar-refractivity contribution in [1.29, 1.82) is 0 Å².